The van der Waals surface area contributed by atoms with Crippen LogP contribution in [0, 0.1) is 5.92 Å². The van der Waals surface area contributed by atoms with E-state index in [0.29, 0.717) is 17.2 Å². The molecule has 2 aliphatic heterocycles. The number of carbonyl (C=O) groups is 2. The molecule has 0 spiro atoms. The molecule has 6 heteroatoms. The number of anilines is 1. The Hall–Kier alpha value is -2.89. The zero-order valence-electron chi connectivity index (χ0n) is 18.3. The van der Waals surface area contributed by atoms with Gasteiger partial charge in [-0.15, -0.1) is 0 Å². The molecule has 2 aliphatic rings. The lowest BCUT2D eigenvalue weighted by atomic mass is 9.98. The number of hydrogen-bond acceptors (Lipinski definition) is 3. The molecule has 2 fully saturated rings. The van der Waals surface area contributed by atoms with Crippen LogP contribution < -0.4 is 5.32 Å². The Morgan fingerprint density at radius 1 is 0.903 bits per heavy atom. The molecule has 1 aromatic carbocycles. The van der Waals surface area contributed by atoms with Crippen LogP contribution in [0.1, 0.15) is 67.4 Å². The molecule has 6 nitrogen and oxygen atoms in total. The van der Waals surface area contributed by atoms with Gasteiger partial charge in [-0.25, -0.2) is 4.79 Å². The maximum atomic E-state index is 13.1. The SMILES string of the molecule is CC1CCN(C(=O)c2ccc(NC(=O)N3CCCCCC3c3ccncc3)cc2)CC1. The van der Waals surface area contributed by atoms with Crippen molar-refractivity contribution in [3.63, 3.8) is 0 Å². The van der Waals surface area contributed by atoms with Crippen LogP contribution in [0.2, 0.25) is 0 Å². The third kappa shape index (κ3) is 5.24. The predicted octanol–water partition coefficient (Wildman–Crippen LogP) is 5.10. The van der Waals surface area contributed by atoms with E-state index in [1.165, 1.54) is 0 Å². The summed E-state index contributed by atoms with van der Waals surface area (Å²) < 4.78 is 0. The molecule has 3 amide bonds. The summed E-state index contributed by atoms with van der Waals surface area (Å²) in [6, 6.07) is 11.3. The van der Waals surface area contributed by atoms with Crippen molar-refractivity contribution >= 4 is 17.6 Å². The van der Waals surface area contributed by atoms with Crippen molar-refractivity contribution in [1.82, 2.24) is 14.8 Å². The molecule has 2 aromatic rings. The van der Waals surface area contributed by atoms with Gasteiger partial charge in [0, 0.05) is 43.3 Å². The molecule has 0 radical (unpaired) electrons. The van der Waals surface area contributed by atoms with E-state index in [1.54, 1.807) is 12.4 Å². The molecule has 31 heavy (non-hydrogen) atoms. The van der Waals surface area contributed by atoms with Gasteiger partial charge in [-0.1, -0.05) is 19.8 Å². The van der Waals surface area contributed by atoms with Gasteiger partial charge in [0.05, 0.1) is 6.04 Å². The van der Waals surface area contributed by atoms with Gasteiger partial charge < -0.3 is 15.1 Å². The Kier molecular flexibility index (Phi) is 6.85. The molecular weight excluding hydrogens is 388 g/mol. The molecular formula is C25H32N4O2. The number of carbonyl (C=O) groups excluding carboxylic acids is 2. The highest BCUT2D eigenvalue weighted by Gasteiger charge is 2.27. The molecule has 1 atom stereocenters. The smallest absolute Gasteiger partial charge is 0.322 e. The molecule has 1 N–H and O–H groups in total. The van der Waals surface area contributed by atoms with E-state index >= 15 is 0 Å². The van der Waals surface area contributed by atoms with E-state index in [0.717, 1.165) is 63.7 Å². The third-order valence-corrected chi connectivity index (χ3v) is 6.56. The summed E-state index contributed by atoms with van der Waals surface area (Å²) in [7, 11) is 0. The van der Waals surface area contributed by atoms with Crippen molar-refractivity contribution in [2.24, 2.45) is 5.92 Å². The van der Waals surface area contributed by atoms with Crippen molar-refractivity contribution in [3.05, 3.63) is 59.9 Å². The average molecular weight is 421 g/mol. The number of rotatable bonds is 3. The summed E-state index contributed by atoms with van der Waals surface area (Å²) in [6.45, 7) is 4.62. The molecule has 4 rings (SSSR count). The van der Waals surface area contributed by atoms with Gasteiger partial charge in [-0.3, -0.25) is 9.78 Å². The molecule has 0 aliphatic carbocycles. The molecule has 2 saturated heterocycles. The van der Waals surface area contributed by atoms with Crippen LogP contribution in [0.4, 0.5) is 10.5 Å². The zero-order chi connectivity index (χ0) is 21.6. The van der Waals surface area contributed by atoms with E-state index in [2.05, 4.69) is 17.2 Å². The summed E-state index contributed by atoms with van der Waals surface area (Å²) in [5, 5.41) is 3.04. The number of pyridine rings is 1. The summed E-state index contributed by atoms with van der Waals surface area (Å²) in [6.07, 6.45) is 9.92. The number of piperidine rings is 1. The maximum Gasteiger partial charge on any atom is 0.322 e. The Labute approximate surface area is 184 Å². The molecule has 1 aromatic heterocycles. The van der Waals surface area contributed by atoms with Crippen LogP contribution in [0.15, 0.2) is 48.8 Å². The number of nitrogens with zero attached hydrogens (tertiary/aromatic N) is 3. The minimum absolute atomic E-state index is 0.0628. The first kappa shape index (κ1) is 21.3. The Balaban J connectivity index is 1.42. The van der Waals surface area contributed by atoms with Crippen molar-refractivity contribution in [1.29, 1.82) is 0 Å². The van der Waals surface area contributed by atoms with Gasteiger partial charge >= 0.3 is 6.03 Å². The van der Waals surface area contributed by atoms with Crippen LogP contribution >= 0.6 is 0 Å². The van der Waals surface area contributed by atoms with E-state index in [-0.39, 0.29) is 18.0 Å². The number of likely N-dealkylation sites (tertiary alicyclic amines) is 2. The van der Waals surface area contributed by atoms with Crippen molar-refractivity contribution in [2.45, 2.75) is 51.5 Å². The van der Waals surface area contributed by atoms with E-state index in [1.807, 2.05) is 46.2 Å². The van der Waals surface area contributed by atoms with Crippen LogP contribution in [0.25, 0.3) is 0 Å². The molecule has 1 unspecified atom stereocenters. The first-order valence-electron chi connectivity index (χ1n) is 11.5. The second kappa shape index (κ2) is 9.94. The highest BCUT2D eigenvalue weighted by molar-refractivity contribution is 5.95. The average Bonchev–Trinajstić information content (AvgIpc) is 3.06. The lowest BCUT2D eigenvalue weighted by molar-refractivity contribution is 0.0697. The molecule has 3 heterocycles. The number of amides is 3. The highest BCUT2D eigenvalue weighted by Crippen LogP contribution is 2.30. The van der Waals surface area contributed by atoms with E-state index in [4.69, 9.17) is 0 Å². The van der Waals surface area contributed by atoms with Crippen LogP contribution in [0.5, 0.6) is 0 Å². The van der Waals surface area contributed by atoms with Gasteiger partial charge in [0.25, 0.3) is 5.91 Å². The van der Waals surface area contributed by atoms with Crippen molar-refractivity contribution in [3.8, 4) is 0 Å². The minimum atomic E-state index is -0.0900. The van der Waals surface area contributed by atoms with Gasteiger partial charge in [0.1, 0.15) is 0 Å². The fraction of sp³-hybridized carbons (Fsp3) is 0.480. The fourth-order valence-corrected chi connectivity index (χ4v) is 4.57. The van der Waals surface area contributed by atoms with Crippen molar-refractivity contribution < 1.29 is 9.59 Å². The van der Waals surface area contributed by atoms with E-state index < -0.39 is 0 Å². The third-order valence-electron chi connectivity index (χ3n) is 6.56. The Bertz CT molecular complexity index is 876. The Morgan fingerprint density at radius 3 is 2.32 bits per heavy atom. The maximum absolute atomic E-state index is 13.1. The monoisotopic (exact) mass is 420 g/mol. The zero-order valence-corrected chi connectivity index (χ0v) is 18.3. The fourth-order valence-electron chi connectivity index (χ4n) is 4.57. The summed E-state index contributed by atoms with van der Waals surface area (Å²) in [4.78, 5) is 33.9. The standard InChI is InChI=1S/C25H32N4O2/c1-19-12-17-28(18-13-19)24(30)21-6-8-22(9-7-21)27-25(31)29-16-4-2-3-5-23(29)20-10-14-26-15-11-20/h6-11,14-15,19,23H,2-5,12-13,16-18H2,1H3,(H,27,31). The quantitative estimate of drug-likeness (QED) is 0.751. The molecule has 0 bridgehead atoms. The lowest BCUT2D eigenvalue weighted by Gasteiger charge is -2.31. The van der Waals surface area contributed by atoms with Gasteiger partial charge in [-0.05, 0) is 73.6 Å². The largest absolute Gasteiger partial charge is 0.339 e. The number of benzene rings is 1. The van der Waals surface area contributed by atoms with Crippen molar-refractivity contribution in [2.75, 3.05) is 25.0 Å². The summed E-state index contributed by atoms with van der Waals surface area (Å²) >= 11 is 0. The Morgan fingerprint density at radius 2 is 1.61 bits per heavy atom. The van der Waals surface area contributed by atoms with Gasteiger partial charge in [-0.2, -0.15) is 0 Å². The first-order valence-corrected chi connectivity index (χ1v) is 11.5. The highest BCUT2D eigenvalue weighted by atomic mass is 16.2. The van der Waals surface area contributed by atoms with Gasteiger partial charge in [0.2, 0.25) is 0 Å². The summed E-state index contributed by atoms with van der Waals surface area (Å²) in [5.41, 5.74) is 2.52. The second-order valence-corrected chi connectivity index (χ2v) is 8.82. The topological polar surface area (TPSA) is 65.5 Å². The number of aromatic nitrogens is 1. The predicted molar refractivity (Wildman–Crippen MR) is 122 cm³/mol. The number of nitrogens with one attached hydrogen (secondary N) is 1. The van der Waals surface area contributed by atoms with Crippen LogP contribution in [-0.4, -0.2) is 46.4 Å². The second-order valence-electron chi connectivity index (χ2n) is 8.82. The number of urea groups is 1. The van der Waals surface area contributed by atoms with Gasteiger partial charge in [0.15, 0.2) is 0 Å². The minimum Gasteiger partial charge on any atom is -0.339 e. The lowest BCUT2D eigenvalue weighted by Crippen LogP contribution is -2.38. The first-order chi connectivity index (χ1) is 15.1. The molecule has 0 saturated carbocycles. The van der Waals surface area contributed by atoms with Crippen LogP contribution in [-0.2, 0) is 0 Å². The molecule has 164 valence electrons. The normalized spacial score (nSPS) is 20.2. The number of hydrogen-bond donors (Lipinski definition) is 1. The van der Waals surface area contributed by atoms with E-state index in [9.17, 15) is 9.59 Å². The summed E-state index contributed by atoms with van der Waals surface area (Å²) in [5.74, 6) is 0.770. The van der Waals surface area contributed by atoms with Crippen LogP contribution in [0.3, 0.4) is 0 Å².